The molecule has 0 aliphatic carbocycles. The van der Waals surface area contributed by atoms with Crippen molar-refractivity contribution in [1.82, 2.24) is 19.4 Å². The van der Waals surface area contributed by atoms with Crippen LogP contribution in [0.2, 0.25) is 0 Å². The van der Waals surface area contributed by atoms with Crippen LogP contribution in [0.4, 0.5) is 13.2 Å². The van der Waals surface area contributed by atoms with Gasteiger partial charge in [-0.2, -0.15) is 18.3 Å². The first-order valence-electron chi connectivity index (χ1n) is 8.15. The molecule has 0 spiro atoms. The van der Waals surface area contributed by atoms with Crippen molar-refractivity contribution in [2.24, 2.45) is 0 Å². The average Bonchev–Trinajstić information content (AvgIpc) is 3.14. The number of aromatic nitrogens is 4. The number of thiophene rings is 1. The standard InChI is InChI=1S/C16H15BrF3N5O2S/c1-4-9-5-10-14(28-9)21-8(3)25(15(10)27)22-11(26)6-24-7(2)12(17)13(23-24)16(18,19)20/h5H,4,6H2,1-3H3,(H,22,26). The molecule has 0 fully saturated rings. The van der Waals surface area contributed by atoms with E-state index in [4.69, 9.17) is 0 Å². The first kappa shape index (κ1) is 20.5. The van der Waals surface area contributed by atoms with Gasteiger partial charge in [0.05, 0.1) is 15.6 Å². The van der Waals surface area contributed by atoms with Gasteiger partial charge in [0, 0.05) is 4.88 Å². The van der Waals surface area contributed by atoms with E-state index < -0.39 is 29.9 Å². The smallest absolute Gasteiger partial charge is 0.271 e. The zero-order valence-electron chi connectivity index (χ0n) is 15.0. The van der Waals surface area contributed by atoms with E-state index in [2.05, 4.69) is 31.4 Å². The third-order valence-electron chi connectivity index (χ3n) is 4.06. The van der Waals surface area contributed by atoms with Crippen molar-refractivity contribution in [2.45, 2.75) is 39.9 Å². The molecule has 28 heavy (non-hydrogen) atoms. The van der Waals surface area contributed by atoms with Crippen LogP contribution in [0.3, 0.4) is 0 Å². The second-order valence-electron chi connectivity index (χ2n) is 6.02. The van der Waals surface area contributed by atoms with Gasteiger partial charge in [-0.3, -0.25) is 19.7 Å². The lowest BCUT2D eigenvalue weighted by atomic mass is 10.3. The Hall–Kier alpha value is -2.21. The fourth-order valence-electron chi connectivity index (χ4n) is 2.59. The number of fused-ring (bicyclic) bond motifs is 1. The molecule has 0 bridgehead atoms. The normalized spacial score (nSPS) is 12.0. The SMILES string of the molecule is CCc1cc2c(=O)n(NC(=O)Cn3nc(C(F)(F)F)c(Br)c3C)c(C)nc2s1. The molecule has 0 atom stereocenters. The van der Waals surface area contributed by atoms with E-state index in [0.29, 0.717) is 10.2 Å². The van der Waals surface area contributed by atoms with E-state index in [9.17, 15) is 22.8 Å². The van der Waals surface area contributed by atoms with Gasteiger partial charge in [-0.25, -0.2) is 9.66 Å². The van der Waals surface area contributed by atoms with E-state index in [-0.39, 0.29) is 16.0 Å². The molecule has 0 radical (unpaired) electrons. The highest BCUT2D eigenvalue weighted by Crippen LogP contribution is 2.35. The molecular weight excluding hydrogens is 463 g/mol. The van der Waals surface area contributed by atoms with Gasteiger partial charge >= 0.3 is 6.18 Å². The first-order valence-corrected chi connectivity index (χ1v) is 9.75. The Labute approximate surface area is 169 Å². The van der Waals surface area contributed by atoms with Crippen molar-refractivity contribution in [2.75, 3.05) is 5.43 Å². The van der Waals surface area contributed by atoms with Gasteiger partial charge in [0.25, 0.3) is 11.5 Å². The number of amides is 1. The van der Waals surface area contributed by atoms with E-state index >= 15 is 0 Å². The lowest BCUT2D eigenvalue weighted by molar-refractivity contribution is -0.142. The molecule has 0 unspecified atom stereocenters. The quantitative estimate of drug-likeness (QED) is 0.624. The zero-order valence-corrected chi connectivity index (χ0v) is 17.4. The summed E-state index contributed by atoms with van der Waals surface area (Å²) in [7, 11) is 0. The molecule has 0 aromatic carbocycles. The molecule has 3 aromatic rings. The van der Waals surface area contributed by atoms with Gasteiger partial charge in [-0.1, -0.05) is 6.92 Å². The number of nitrogens with one attached hydrogen (secondary N) is 1. The summed E-state index contributed by atoms with van der Waals surface area (Å²) in [6, 6.07) is 1.72. The maximum atomic E-state index is 13.0. The van der Waals surface area contributed by atoms with Crippen LogP contribution in [-0.4, -0.2) is 25.3 Å². The first-order chi connectivity index (χ1) is 13.0. The van der Waals surface area contributed by atoms with Crippen LogP contribution >= 0.6 is 27.3 Å². The van der Waals surface area contributed by atoms with Crippen LogP contribution < -0.4 is 11.0 Å². The lowest BCUT2D eigenvalue weighted by Crippen LogP contribution is -2.37. The van der Waals surface area contributed by atoms with Gasteiger partial charge in [0.15, 0.2) is 5.69 Å². The van der Waals surface area contributed by atoms with Crippen LogP contribution in [-0.2, 0) is 23.9 Å². The van der Waals surface area contributed by atoms with Crippen LogP contribution in [0, 0.1) is 13.8 Å². The number of nitrogens with zero attached hydrogens (tertiary/aromatic N) is 4. The summed E-state index contributed by atoms with van der Waals surface area (Å²) < 4.78 is 40.6. The largest absolute Gasteiger partial charge is 0.436 e. The topological polar surface area (TPSA) is 81.8 Å². The molecular formula is C16H15BrF3N5O2S. The number of halogens is 4. The van der Waals surface area contributed by atoms with Crippen LogP contribution in [0.25, 0.3) is 10.2 Å². The summed E-state index contributed by atoms with van der Waals surface area (Å²) in [5.74, 6) is -0.436. The Kier molecular flexibility index (Phi) is 5.36. The third kappa shape index (κ3) is 3.70. The maximum absolute atomic E-state index is 13.0. The number of alkyl halides is 3. The Bertz CT molecular complexity index is 1130. The Morgan fingerprint density at radius 3 is 2.61 bits per heavy atom. The number of aryl methyl sites for hydroxylation is 2. The number of rotatable bonds is 4. The van der Waals surface area contributed by atoms with Gasteiger partial charge in [0.2, 0.25) is 0 Å². The molecule has 7 nitrogen and oxygen atoms in total. The second kappa shape index (κ2) is 7.32. The van der Waals surface area contributed by atoms with Gasteiger partial charge in [-0.05, 0) is 42.3 Å². The maximum Gasteiger partial charge on any atom is 0.436 e. The predicted molar refractivity (Wildman–Crippen MR) is 102 cm³/mol. The summed E-state index contributed by atoms with van der Waals surface area (Å²) in [4.78, 5) is 30.9. The summed E-state index contributed by atoms with van der Waals surface area (Å²) in [6.07, 6.45) is -3.90. The Morgan fingerprint density at radius 1 is 1.36 bits per heavy atom. The Morgan fingerprint density at radius 2 is 2.04 bits per heavy atom. The van der Waals surface area contributed by atoms with Crippen LogP contribution in [0.1, 0.15) is 29.0 Å². The Balaban J connectivity index is 1.89. The van der Waals surface area contributed by atoms with Gasteiger partial charge < -0.3 is 0 Å². The van der Waals surface area contributed by atoms with E-state index in [1.807, 2.05) is 6.92 Å². The average molecular weight is 478 g/mol. The molecule has 0 saturated heterocycles. The van der Waals surface area contributed by atoms with Crippen molar-refractivity contribution >= 4 is 43.4 Å². The minimum absolute atomic E-state index is 0.144. The van der Waals surface area contributed by atoms with Gasteiger partial charge in [-0.15, -0.1) is 11.3 Å². The van der Waals surface area contributed by atoms with Crippen molar-refractivity contribution in [3.05, 3.63) is 43.0 Å². The predicted octanol–water partition coefficient (Wildman–Crippen LogP) is 3.39. The third-order valence-corrected chi connectivity index (χ3v) is 6.19. The van der Waals surface area contributed by atoms with Crippen molar-refractivity contribution in [1.29, 1.82) is 0 Å². The highest BCUT2D eigenvalue weighted by atomic mass is 79.9. The lowest BCUT2D eigenvalue weighted by Gasteiger charge is -2.11. The minimum atomic E-state index is -4.65. The molecule has 1 amide bonds. The molecule has 3 aromatic heterocycles. The summed E-state index contributed by atoms with van der Waals surface area (Å²) in [5.41, 5.74) is 0.980. The molecule has 0 saturated carbocycles. The van der Waals surface area contributed by atoms with Crippen LogP contribution in [0.15, 0.2) is 15.3 Å². The van der Waals surface area contributed by atoms with Crippen molar-refractivity contribution < 1.29 is 18.0 Å². The summed E-state index contributed by atoms with van der Waals surface area (Å²) in [5, 5.41) is 3.83. The van der Waals surface area contributed by atoms with Crippen LogP contribution in [0.5, 0.6) is 0 Å². The monoisotopic (exact) mass is 477 g/mol. The van der Waals surface area contributed by atoms with Crippen molar-refractivity contribution in [3.63, 3.8) is 0 Å². The van der Waals surface area contributed by atoms with Gasteiger partial charge in [0.1, 0.15) is 17.2 Å². The van der Waals surface area contributed by atoms with E-state index in [1.165, 1.54) is 18.3 Å². The highest BCUT2D eigenvalue weighted by molar-refractivity contribution is 9.10. The molecule has 1 N–H and O–H groups in total. The number of carbonyl (C=O) groups is 1. The fraction of sp³-hybridized carbons (Fsp3) is 0.375. The molecule has 3 rings (SSSR count). The molecule has 0 aliphatic rings. The number of hydrogen-bond acceptors (Lipinski definition) is 5. The number of hydrogen-bond donors (Lipinski definition) is 1. The second-order valence-corrected chi connectivity index (χ2v) is 7.93. The molecule has 150 valence electrons. The van der Waals surface area contributed by atoms with E-state index in [0.717, 1.165) is 20.7 Å². The highest BCUT2D eigenvalue weighted by Gasteiger charge is 2.38. The van der Waals surface area contributed by atoms with E-state index in [1.54, 1.807) is 13.0 Å². The minimum Gasteiger partial charge on any atom is -0.271 e. The fourth-order valence-corrected chi connectivity index (χ4v) is 4.11. The molecule has 3 heterocycles. The number of carbonyl (C=O) groups excluding carboxylic acids is 1. The molecule has 0 aliphatic heterocycles. The molecule has 12 heteroatoms. The van der Waals surface area contributed by atoms with Crippen molar-refractivity contribution in [3.8, 4) is 0 Å². The summed E-state index contributed by atoms with van der Waals surface area (Å²) >= 11 is 4.26. The summed E-state index contributed by atoms with van der Waals surface area (Å²) in [6.45, 7) is 4.43. The zero-order chi connectivity index (χ0) is 20.8.